The van der Waals surface area contributed by atoms with Gasteiger partial charge in [-0.25, -0.2) is 4.68 Å². The highest BCUT2D eigenvalue weighted by atomic mass is 35.5. The van der Waals surface area contributed by atoms with Gasteiger partial charge in [0.1, 0.15) is 0 Å². The van der Waals surface area contributed by atoms with E-state index in [4.69, 9.17) is 11.6 Å². The van der Waals surface area contributed by atoms with Gasteiger partial charge in [0.15, 0.2) is 0 Å². The van der Waals surface area contributed by atoms with Crippen LogP contribution in [0.5, 0.6) is 0 Å². The molecule has 112 valence electrons. The SMILES string of the molecule is CC1CCC(C)C(Nc2cc(Cl)ccc2-n2cccn2)C1. The summed E-state index contributed by atoms with van der Waals surface area (Å²) in [7, 11) is 0. The monoisotopic (exact) mass is 303 g/mol. The molecule has 1 N–H and O–H groups in total. The summed E-state index contributed by atoms with van der Waals surface area (Å²) < 4.78 is 1.88. The molecule has 3 unspecified atom stereocenters. The topological polar surface area (TPSA) is 29.9 Å². The summed E-state index contributed by atoms with van der Waals surface area (Å²) in [6, 6.07) is 8.38. The van der Waals surface area contributed by atoms with Crippen LogP contribution in [0.15, 0.2) is 36.7 Å². The van der Waals surface area contributed by atoms with Crippen molar-refractivity contribution in [3.63, 3.8) is 0 Å². The van der Waals surface area contributed by atoms with Crippen LogP contribution in [0.4, 0.5) is 5.69 Å². The van der Waals surface area contributed by atoms with Gasteiger partial charge in [-0.1, -0.05) is 31.9 Å². The second-order valence-corrected chi connectivity index (χ2v) is 6.69. The average Bonchev–Trinajstić information content (AvgIpc) is 2.97. The molecule has 1 aliphatic rings. The number of hydrogen-bond acceptors (Lipinski definition) is 2. The number of rotatable bonds is 3. The zero-order valence-corrected chi connectivity index (χ0v) is 13.3. The van der Waals surface area contributed by atoms with E-state index in [1.165, 1.54) is 19.3 Å². The number of nitrogens with zero attached hydrogens (tertiary/aromatic N) is 2. The maximum atomic E-state index is 6.19. The van der Waals surface area contributed by atoms with Crippen molar-refractivity contribution in [1.29, 1.82) is 0 Å². The Labute approximate surface area is 131 Å². The first-order valence-electron chi connectivity index (χ1n) is 7.69. The Bertz CT molecular complexity index is 594. The summed E-state index contributed by atoms with van der Waals surface area (Å²) in [5.41, 5.74) is 2.12. The summed E-state index contributed by atoms with van der Waals surface area (Å²) in [4.78, 5) is 0. The molecule has 0 saturated heterocycles. The van der Waals surface area contributed by atoms with E-state index in [0.717, 1.165) is 22.3 Å². The van der Waals surface area contributed by atoms with Crippen LogP contribution in [0.3, 0.4) is 0 Å². The van der Waals surface area contributed by atoms with Gasteiger partial charge in [0.25, 0.3) is 0 Å². The standard InChI is InChI=1S/C17H22ClN3/c1-12-4-5-13(2)15(10-12)20-16-11-14(18)6-7-17(16)21-9-3-8-19-21/h3,6-9,11-13,15,20H,4-5,10H2,1-2H3. The van der Waals surface area contributed by atoms with Gasteiger partial charge in [-0.05, 0) is 48.9 Å². The smallest absolute Gasteiger partial charge is 0.0877 e. The van der Waals surface area contributed by atoms with E-state index in [0.29, 0.717) is 12.0 Å². The molecule has 1 aromatic carbocycles. The summed E-state index contributed by atoms with van der Waals surface area (Å²) in [6.07, 6.45) is 7.59. The van der Waals surface area contributed by atoms with Gasteiger partial charge in [-0.2, -0.15) is 5.10 Å². The molecule has 1 fully saturated rings. The molecular formula is C17H22ClN3. The summed E-state index contributed by atoms with van der Waals surface area (Å²) >= 11 is 6.19. The van der Waals surface area contributed by atoms with Gasteiger partial charge in [0.2, 0.25) is 0 Å². The molecule has 0 spiro atoms. The fourth-order valence-corrected chi connectivity index (χ4v) is 3.34. The Balaban J connectivity index is 1.89. The summed E-state index contributed by atoms with van der Waals surface area (Å²) in [5.74, 6) is 1.47. The van der Waals surface area contributed by atoms with E-state index in [-0.39, 0.29) is 0 Å². The van der Waals surface area contributed by atoms with E-state index in [9.17, 15) is 0 Å². The highest BCUT2D eigenvalue weighted by Crippen LogP contribution is 2.33. The molecule has 21 heavy (non-hydrogen) atoms. The first-order chi connectivity index (χ1) is 10.1. The first-order valence-corrected chi connectivity index (χ1v) is 8.07. The van der Waals surface area contributed by atoms with Crippen molar-refractivity contribution in [2.24, 2.45) is 11.8 Å². The maximum Gasteiger partial charge on any atom is 0.0877 e. The number of benzene rings is 1. The molecule has 1 saturated carbocycles. The van der Waals surface area contributed by atoms with E-state index in [1.54, 1.807) is 6.20 Å². The second-order valence-electron chi connectivity index (χ2n) is 6.26. The third-order valence-corrected chi connectivity index (χ3v) is 4.74. The molecule has 0 aliphatic heterocycles. The summed E-state index contributed by atoms with van der Waals surface area (Å²) in [5, 5.41) is 8.81. The van der Waals surface area contributed by atoms with E-state index >= 15 is 0 Å². The molecule has 0 radical (unpaired) electrons. The van der Waals surface area contributed by atoms with E-state index in [2.05, 4.69) is 24.3 Å². The van der Waals surface area contributed by atoms with Crippen molar-refractivity contribution >= 4 is 17.3 Å². The van der Waals surface area contributed by atoms with E-state index in [1.807, 2.05) is 35.1 Å². The molecule has 0 bridgehead atoms. The molecule has 3 atom stereocenters. The number of hydrogen-bond donors (Lipinski definition) is 1. The molecule has 3 nitrogen and oxygen atoms in total. The fraction of sp³-hybridized carbons (Fsp3) is 0.471. The molecule has 0 amide bonds. The van der Waals surface area contributed by atoms with Crippen molar-refractivity contribution in [2.75, 3.05) is 5.32 Å². The number of nitrogens with one attached hydrogen (secondary N) is 1. The molecule has 1 heterocycles. The average molecular weight is 304 g/mol. The second kappa shape index (κ2) is 6.10. The van der Waals surface area contributed by atoms with Gasteiger partial charge >= 0.3 is 0 Å². The Morgan fingerprint density at radius 1 is 1.29 bits per heavy atom. The minimum absolute atomic E-state index is 0.501. The van der Waals surface area contributed by atoms with Gasteiger partial charge in [0, 0.05) is 23.5 Å². The van der Waals surface area contributed by atoms with Crippen molar-refractivity contribution in [3.05, 3.63) is 41.7 Å². The van der Waals surface area contributed by atoms with Crippen molar-refractivity contribution in [1.82, 2.24) is 9.78 Å². The zero-order valence-electron chi connectivity index (χ0n) is 12.6. The predicted octanol–water partition coefficient (Wildman–Crippen LogP) is 4.76. The Morgan fingerprint density at radius 2 is 2.14 bits per heavy atom. The van der Waals surface area contributed by atoms with Crippen LogP contribution in [0.1, 0.15) is 33.1 Å². The number of anilines is 1. The van der Waals surface area contributed by atoms with Crippen LogP contribution in [0, 0.1) is 11.8 Å². The van der Waals surface area contributed by atoms with Crippen LogP contribution in [-0.2, 0) is 0 Å². The molecule has 2 aromatic rings. The van der Waals surface area contributed by atoms with E-state index < -0.39 is 0 Å². The van der Waals surface area contributed by atoms with Crippen LogP contribution < -0.4 is 5.32 Å². The van der Waals surface area contributed by atoms with Gasteiger partial charge in [-0.15, -0.1) is 0 Å². The quantitative estimate of drug-likeness (QED) is 0.885. The minimum atomic E-state index is 0.501. The predicted molar refractivity (Wildman–Crippen MR) is 88.2 cm³/mol. The lowest BCUT2D eigenvalue weighted by atomic mass is 9.80. The Kier molecular flexibility index (Phi) is 4.20. The highest BCUT2D eigenvalue weighted by molar-refractivity contribution is 6.31. The van der Waals surface area contributed by atoms with Crippen LogP contribution in [0.2, 0.25) is 5.02 Å². The van der Waals surface area contributed by atoms with Gasteiger partial charge in [0.05, 0.1) is 11.4 Å². The fourth-order valence-electron chi connectivity index (χ4n) is 3.17. The van der Waals surface area contributed by atoms with Crippen LogP contribution in [-0.4, -0.2) is 15.8 Å². The Morgan fingerprint density at radius 3 is 2.90 bits per heavy atom. The van der Waals surface area contributed by atoms with Gasteiger partial charge < -0.3 is 5.32 Å². The third kappa shape index (κ3) is 3.24. The zero-order chi connectivity index (χ0) is 14.8. The lowest BCUT2D eigenvalue weighted by molar-refractivity contribution is 0.280. The normalized spacial score (nSPS) is 25.8. The van der Waals surface area contributed by atoms with Crippen molar-refractivity contribution in [3.8, 4) is 5.69 Å². The van der Waals surface area contributed by atoms with Crippen molar-refractivity contribution < 1.29 is 0 Å². The highest BCUT2D eigenvalue weighted by Gasteiger charge is 2.26. The molecule has 1 aromatic heterocycles. The lowest BCUT2D eigenvalue weighted by Crippen LogP contribution is -2.33. The maximum absolute atomic E-state index is 6.19. The largest absolute Gasteiger partial charge is 0.380 e. The molecule has 1 aliphatic carbocycles. The third-order valence-electron chi connectivity index (χ3n) is 4.51. The molecule has 3 rings (SSSR count). The summed E-state index contributed by atoms with van der Waals surface area (Å²) in [6.45, 7) is 4.68. The van der Waals surface area contributed by atoms with Gasteiger partial charge in [-0.3, -0.25) is 0 Å². The minimum Gasteiger partial charge on any atom is -0.380 e. The molecule has 4 heteroatoms. The van der Waals surface area contributed by atoms with Crippen molar-refractivity contribution in [2.45, 2.75) is 39.2 Å². The van der Waals surface area contributed by atoms with Crippen LogP contribution in [0.25, 0.3) is 5.69 Å². The first kappa shape index (κ1) is 14.5. The van der Waals surface area contributed by atoms with Crippen LogP contribution >= 0.6 is 11.6 Å². The number of aromatic nitrogens is 2. The lowest BCUT2D eigenvalue weighted by Gasteiger charge is -2.34. The Hall–Kier alpha value is -1.48. The number of halogens is 1. The molecular weight excluding hydrogens is 282 g/mol.